The van der Waals surface area contributed by atoms with Crippen molar-refractivity contribution in [2.45, 2.75) is 64.2 Å². The third-order valence-electron chi connectivity index (χ3n) is 7.89. The van der Waals surface area contributed by atoms with Gasteiger partial charge in [-0.2, -0.15) is 11.8 Å². The zero-order valence-electron chi connectivity index (χ0n) is 24.8. The number of ketones is 1. The van der Waals surface area contributed by atoms with Crippen LogP contribution in [0.4, 0.5) is 8.78 Å². The van der Waals surface area contributed by atoms with E-state index in [9.17, 15) is 23.2 Å². The van der Waals surface area contributed by atoms with Gasteiger partial charge in [-0.3, -0.25) is 14.5 Å². The van der Waals surface area contributed by atoms with Crippen LogP contribution in [0.3, 0.4) is 0 Å². The molecule has 1 N–H and O–H groups in total. The first-order chi connectivity index (χ1) is 20.7. The molecule has 43 heavy (non-hydrogen) atoms. The van der Waals surface area contributed by atoms with Gasteiger partial charge in [-0.15, -0.1) is 0 Å². The molecule has 0 aliphatic heterocycles. The fourth-order valence-electron chi connectivity index (χ4n) is 5.62. The minimum atomic E-state index is -0.773. The minimum Gasteiger partial charge on any atom is -0.467 e. The predicted molar refractivity (Wildman–Crippen MR) is 166 cm³/mol. The summed E-state index contributed by atoms with van der Waals surface area (Å²) in [6.07, 6.45) is 4.68. The number of methoxy groups -OCH3 is 1. The van der Waals surface area contributed by atoms with Crippen molar-refractivity contribution in [3.05, 3.63) is 94.6 Å². The van der Waals surface area contributed by atoms with Gasteiger partial charge in [0, 0.05) is 43.6 Å². The van der Waals surface area contributed by atoms with Crippen LogP contribution in [0.5, 0.6) is 0 Å². The first-order valence-corrected chi connectivity index (χ1v) is 15.8. The van der Waals surface area contributed by atoms with E-state index in [-0.39, 0.29) is 17.7 Å². The summed E-state index contributed by atoms with van der Waals surface area (Å²) in [5, 5.41) is 2.87. The number of carbonyl (C=O) groups is 3. The Morgan fingerprint density at radius 3 is 2.30 bits per heavy atom. The molecule has 1 amide bonds. The number of Topliss-reactive ketones (excluding diaryl/α,β-unsaturated/α-hetero) is 1. The van der Waals surface area contributed by atoms with E-state index in [4.69, 9.17) is 4.74 Å². The number of nitrogens with one attached hydrogen (secondary N) is 1. The Labute approximate surface area is 256 Å². The van der Waals surface area contributed by atoms with E-state index in [2.05, 4.69) is 10.2 Å². The highest BCUT2D eigenvalue weighted by Gasteiger charge is 2.27. The van der Waals surface area contributed by atoms with Gasteiger partial charge in [-0.1, -0.05) is 30.3 Å². The number of benzene rings is 3. The molecular formula is C34H38F2N2O4S. The van der Waals surface area contributed by atoms with E-state index >= 15 is 0 Å². The lowest BCUT2D eigenvalue weighted by Crippen LogP contribution is -2.42. The molecule has 228 valence electrons. The molecule has 1 atom stereocenters. The van der Waals surface area contributed by atoms with E-state index in [1.54, 1.807) is 17.8 Å². The second kappa shape index (κ2) is 15.3. The second-order valence-electron chi connectivity index (χ2n) is 11.0. The van der Waals surface area contributed by atoms with E-state index in [0.29, 0.717) is 62.1 Å². The number of aryl methyl sites for hydroxylation is 1. The van der Waals surface area contributed by atoms with Gasteiger partial charge < -0.3 is 10.1 Å². The number of thioether (sulfide) groups is 1. The number of nitrogens with zero attached hydrogens (tertiary/aromatic N) is 1. The van der Waals surface area contributed by atoms with E-state index in [1.807, 2.05) is 49.6 Å². The van der Waals surface area contributed by atoms with Gasteiger partial charge in [0.15, 0.2) is 0 Å². The average Bonchev–Trinajstić information content (AvgIpc) is 2.98. The molecule has 4 rings (SSSR count). The smallest absolute Gasteiger partial charge is 0.328 e. The average molecular weight is 609 g/mol. The predicted octanol–water partition coefficient (Wildman–Crippen LogP) is 6.48. The summed E-state index contributed by atoms with van der Waals surface area (Å²) in [4.78, 5) is 40.2. The molecule has 9 heteroatoms. The third-order valence-corrected chi connectivity index (χ3v) is 8.53. The topological polar surface area (TPSA) is 75.7 Å². The first kappa shape index (κ1) is 32.4. The lowest BCUT2D eigenvalue weighted by atomic mass is 9.91. The monoisotopic (exact) mass is 608 g/mol. The summed E-state index contributed by atoms with van der Waals surface area (Å²) in [6.45, 7) is 2.74. The molecule has 6 nitrogen and oxygen atoms in total. The Hall–Kier alpha value is -3.56. The molecule has 1 unspecified atom stereocenters. The summed E-state index contributed by atoms with van der Waals surface area (Å²) in [6, 6.07) is 16.2. The number of esters is 1. The third kappa shape index (κ3) is 8.74. The van der Waals surface area contributed by atoms with E-state index in [1.165, 1.54) is 19.2 Å². The number of carbonyl (C=O) groups excluding carboxylic acids is 3. The fraction of sp³-hybridized carbons (Fsp3) is 0.382. The summed E-state index contributed by atoms with van der Waals surface area (Å²) in [7, 11) is 1.31. The molecule has 1 fully saturated rings. The van der Waals surface area contributed by atoms with Gasteiger partial charge in [-0.25, -0.2) is 13.6 Å². The fourth-order valence-corrected chi connectivity index (χ4v) is 6.10. The zero-order valence-corrected chi connectivity index (χ0v) is 25.6. The van der Waals surface area contributed by atoms with Gasteiger partial charge in [0.05, 0.1) is 7.11 Å². The van der Waals surface area contributed by atoms with E-state index < -0.39 is 23.6 Å². The summed E-state index contributed by atoms with van der Waals surface area (Å²) < 4.78 is 33.1. The summed E-state index contributed by atoms with van der Waals surface area (Å²) >= 11 is 1.58. The quantitative estimate of drug-likeness (QED) is 0.237. The summed E-state index contributed by atoms with van der Waals surface area (Å²) in [5.41, 5.74) is 4.45. The van der Waals surface area contributed by atoms with Crippen molar-refractivity contribution in [1.82, 2.24) is 10.2 Å². The standard InChI is InChI=1S/C34H38F2N2O4S/c1-22-6-4-5-7-29(22)31-18-23(8-13-30(31)33(40)37-32(14-15-43-3)34(41)42-2)20-38(27-9-11-28(39)12-10-27)21-24-16-25(35)19-26(36)17-24/h4-8,13,16-19,27,32H,9-12,14-15,20-21H2,1-3H3,(H,37,40). The van der Waals surface area contributed by atoms with Gasteiger partial charge in [0.2, 0.25) is 0 Å². The molecule has 3 aromatic carbocycles. The molecular weight excluding hydrogens is 570 g/mol. The molecule has 3 aromatic rings. The van der Waals surface area contributed by atoms with Crippen LogP contribution in [0.25, 0.3) is 11.1 Å². The van der Waals surface area contributed by atoms with Crippen molar-refractivity contribution in [2.75, 3.05) is 19.1 Å². The van der Waals surface area contributed by atoms with Gasteiger partial charge >= 0.3 is 5.97 Å². The molecule has 0 aromatic heterocycles. The SMILES string of the molecule is COC(=O)C(CCSC)NC(=O)c1ccc(CN(Cc2cc(F)cc(F)c2)C2CCC(=O)CC2)cc1-c1ccccc1C. The van der Waals surface area contributed by atoms with Gasteiger partial charge in [0.1, 0.15) is 23.5 Å². The van der Waals surface area contributed by atoms with Crippen LogP contribution in [-0.2, 0) is 27.4 Å². The maximum atomic E-state index is 14.1. The molecule has 1 saturated carbocycles. The molecule has 0 saturated heterocycles. The number of rotatable bonds is 12. The van der Waals surface area contributed by atoms with Crippen LogP contribution >= 0.6 is 11.8 Å². The van der Waals surface area contributed by atoms with Crippen molar-refractivity contribution in [1.29, 1.82) is 0 Å². The molecule has 1 aliphatic carbocycles. The highest BCUT2D eigenvalue weighted by Crippen LogP contribution is 2.31. The maximum absolute atomic E-state index is 14.1. The zero-order chi connectivity index (χ0) is 30.9. The van der Waals surface area contributed by atoms with Crippen LogP contribution in [0.2, 0.25) is 0 Å². The largest absolute Gasteiger partial charge is 0.467 e. The van der Waals surface area contributed by atoms with Crippen molar-refractivity contribution in [2.24, 2.45) is 0 Å². The van der Waals surface area contributed by atoms with Crippen molar-refractivity contribution < 1.29 is 27.9 Å². The number of amides is 1. The van der Waals surface area contributed by atoms with E-state index in [0.717, 1.165) is 28.3 Å². The van der Waals surface area contributed by atoms with Crippen molar-refractivity contribution in [3.8, 4) is 11.1 Å². The van der Waals surface area contributed by atoms with Crippen LogP contribution in [0, 0.1) is 18.6 Å². The highest BCUT2D eigenvalue weighted by atomic mass is 32.2. The Kier molecular flexibility index (Phi) is 11.5. The maximum Gasteiger partial charge on any atom is 0.328 e. The molecule has 0 bridgehead atoms. The lowest BCUT2D eigenvalue weighted by Gasteiger charge is -2.34. The van der Waals surface area contributed by atoms with Crippen LogP contribution < -0.4 is 5.32 Å². The minimum absolute atomic E-state index is 0.0613. The number of hydrogen-bond acceptors (Lipinski definition) is 6. The Balaban J connectivity index is 1.69. The molecule has 0 spiro atoms. The Morgan fingerprint density at radius 2 is 1.65 bits per heavy atom. The van der Waals surface area contributed by atoms with Crippen molar-refractivity contribution in [3.63, 3.8) is 0 Å². The molecule has 0 radical (unpaired) electrons. The number of hydrogen-bond donors (Lipinski definition) is 1. The number of halogens is 2. The van der Waals surface area contributed by atoms with Gasteiger partial charge in [0.25, 0.3) is 5.91 Å². The normalized spacial score (nSPS) is 14.5. The molecule has 0 heterocycles. The molecule has 1 aliphatic rings. The Bertz CT molecular complexity index is 1430. The van der Waals surface area contributed by atoms with Crippen LogP contribution in [0.1, 0.15) is 59.2 Å². The highest BCUT2D eigenvalue weighted by molar-refractivity contribution is 7.98. The van der Waals surface area contributed by atoms with Gasteiger partial charge in [-0.05, 0) is 90.3 Å². The van der Waals surface area contributed by atoms with Crippen LogP contribution in [-0.4, -0.2) is 53.8 Å². The van der Waals surface area contributed by atoms with Crippen molar-refractivity contribution >= 4 is 29.4 Å². The Morgan fingerprint density at radius 1 is 0.977 bits per heavy atom. The number of ether oxygens (including phenoxy) is 1. The lowest BCUT2D eigenvalue weighted by molar-refractivity contribution is -0.142. The second-order valence-corrected chi connectivity index (χ2v) is 12.0. The first-order valence-electron chi connectivity index (χ1n) is 14.5. The summed E-state index contributed by atoms with van der Waals surface area (Å²) in [5.74, 6) is -1.22. The van der Waals surface area contributed by atoms with Crippen LogP contribution in [0.15, 0.2) is 60.7 Å².